The summed E-state index contributed by atoms with van der Waals surface area (Å²) in [7, 11) is 0. The Morgan fingerprint density at radius 3 is 2.67 bits per heavy atom. The molecule has 3 heterocycles. The van der Waals surface area contributed by atoms with Crippen LogP contribution in [0.5, 0.6) is 0 Å². The van der Waals surface area contributed by atoms with Gasteiger partial charge in [0.25, 0.3) is 5.56 Å². The molecule has 2 fully saturated rings. The van der Waals surface area contributed by atoms with Crippen LogP contribution in [0.2, 0.25) is 0 Å². The predicted octanol–water partition coefficient (Wildman–Crippen LogP) is 4.70. The molecule has 0 radical (unpaired) electrons. The summed E-state index contributed by atoms with van der Waals surface area (Å²) in [4.78, 5) is 35.2. The third-order valence-electron chi connectivity index (χ3n) is 7.18. The summed E-state index contributed by atoms with van der Waals surface area (Å²) in [5.41, 5.74) is 1.39. The summed E-state index contributed by atoms with van der Waals surface area (Å²) in [5, 5.41) is 5.08. The second-order valence-electron chi connectivity index (χ2n) is 9.33. The molecule has 1 aliphatic carbocycles. The lowest BCUT2D eigenvalue weighted by Crippen LogP contribution is -2.47. The van der Waals surface area contributed by atoms with Crippen LogP contribution in [0.15, 0.2) is 34.4 Å². The van der Waals surface area contributed by atoms with Crippen molar-refractivity contribution < 1.29 is 9.18 Å². The fourth-order valence-corrected chi connectivity index (χ4v) is 6.02. The number of thiophene rings is 1. The highest BCUT2D eigenvalue weighted by molar-refractivity contribution is 7.17. The van der Waals surface area contributed by atoms with Gasteiger partial charge in [-0.25, -0.2) is 9.37 Å². The molecule has 1 aliphatic heterocycles. The largest absolute Gasteiger partial charge is 0.353 e. The van der Waals surface area contributed by atoms with Crippen LogP contribution in [0.25, 0.3) is 21.3 Å². The minimum atomic E-state index is -0.333. The van der Waals surface area contributed by atoms with Crippen molar-refractivity contribution in [2.24, 2.45) is 11.8 Å². The van der Waals surface area contributed by atoms with Crippen LogP contribution in [-0.4, -0.2) is 35.0 Å². The van der Waals surface area contributed by atoms with E-state index >= 15 is 0 Å². The van der Waals surface area contributed by atoms with E-state index in [4.69, 9.17) is 4.98 Å². The molecule has 2 atom stereocenters. The Morgan fingerprint density at radius 1 is 1.15 bits per heavy atom. The van der Waals surface area contributed by atoms with Crippen molar-refractivity contribution in [1.82, 2.24) is 15.3 Å². The van der Waals surface area contributed by atoms with Gasteiger partial charge in [0.05, 0.1) is 5.52 Å². The SMILES string of the molecule is C[C@H]1CCCC[C@H]1NC(=O)C1CCN(c2nc3c(-c4ccccc4F)csc3c(=O)[nH]2)CC1. The van der Waals surface area contributed by atoms with Crippen LogP contribution < -0.4 is 15.8 Å². The number of piperidine rings is 1. The van der Waals surface area contributed by atoms with Gasteiger partial charge in [-0.3, -0.25) is 14.6 Å². The lowest BCUT2D eigenvalue weighted by Gasteiger charge is -2.34. The number of nitrogens with one attached hydrogen (secondary N) is 2. The molecule has 1 amide bonds. The average molecular weight is 469 g/mol. The molecule has 174 valence electrons. The Morgan fingerprint density at radius 2 is 1.91 bits per heavy atom. The smallest absolute Gasteiger partial charge is 0.270 e. The fraction of sp³-hybridized carbons (Fsp3) is 0.480. The number of H-pyrrole nitrogens is 1. The highest BCUT2D eigenvalue weighted by Gasteiger charge is 2.30. The maximum Gasteiger partial charge on any atom is 0.270 e. The Kier molecular flexibility index (Phi) is 6.19. The van der Waals surface area contributed by atoms with E-state index in [0.29, 0.717) is 52.3 Å². The van der Waals surface area contributed by atoms with Crippen molar-refractivity contribution in [3.63, 3.8) is 0 Å². The number of hydrogen-bond acceptors (Lipinski definition) is 5. The van der Waals surface area contributed by atoms with Gasteiger partial charge in [-0.05, 0) is 37.7 Å². The number of amides is 1. The van der Waals surface area contributed by atoms with Gasteiger partial charge >= 0.3 is 0 Å². The normalized spacial score (nSPS) is 21.9. The predicted molar refractivity (Wildman–Crippen MR) is 130 cm³/mol. The van der Waals surface area contributed by atoms with E-state index in [-0.39, 0.29) is 23.2 Å². The molecule has 1 aromatic carbocycles. The van der Waals surface area contributed by atoms with Gasteiger partial charge in [0.15, 0.2) is 0 Å². The lowest BCUT2D eigenvalue weighted by molar-refractivity contribution is -0.126. The zero-order valence-corrected chi connectivity index (χ0v) is 19.6. The van der Waals surface area contributed by atoms with E-state index in [1.54, 1.807) is 23.6 Å². The van der Waals surface area contributed by atoms with Crippen molar-refractivity contribution in [3.05, 3.63) is 45.8 Å². The molecule has 0 unspecified atom stereocenters. The number of fused-ring (bicyclic) bond motifs is 1. The first kappa shape index (κ1) is 22.1. The van der Waals surface area contributed by atoms with Crippen molar-refractivity contribution in [2.45, 2.75) is 51.5 Å². The molecule has 0 spiro atoms. The molecule has 33 heavy (non-hydrogen) atoms. The fourth-order valence-electron chi connectivity index (χ4n) is 5.12. The second-order valence-corrected chi connectivity index (χ2v) is 10.2. The van der Waals surface area contributed by atoms with Crippen molar-refractivity contribution >= 4 is 33.4 Å². The maximum atomic E-state index is 14.4. The minimum absolute atomic E-state index is 0.0130. The van der Waals surface area contributed by atoms with E-state index in [0.717, 1.165) is 19.3 Å². The first-order valence-electron chi connectivity index (χ1n) is 11.8. The lowest BCUT2D eigenvalue weighted by atomic mass is 9.85. The number of benzene rings is 1. The van der Waals surface area contributed by atoms with Gasteiger partial charge in [-0.1, -0.05) is 38.0 Å². The highest BCUT2D eigenvalue weighted by atomic mass is 32.1. The standard InChI is InChI=1S/C25H29FN4O2S/c1-15-6-2-5-9-20(15)27-23(31)16-10-12-30(13-11-16)25-28-21-18(14-33-22(21)24(32)29-25)17-7-3-4-8-19(17)26/h3-4,7-8,14-16,20H,2,5-6,9-13H2,1H3,(H,27,31)(H,28,29,32)/t15-,20+/m0/s1. The zero-order chi connectivity index (χ0) is 22.9. The Hall–Kier alpha value is -2.74. The number of nitrogens with zero attached hydrogens (tertiary/aromatic N) is 2. The molecule has 3 aromatic rings. The molecule has 2 aliphatic rings. The molecule has 8 heteroatoms. The molecular weight excluding hydrogens is 439 g/mol. The van der Waals surface area contributed by atoms with E-state index in [9.17, 15) is 14.0 Å². The van der Waals surface area contributed by atoms with Crippen LogP contribution in [-0.2, 0) is 4.79 Å². The van der Waals surface area contributed by atoms with Gasteiger partial charge in [-0.2, -0.15) is 0 Å². The quantitative estimate of drug-likeness (QED) is 0.582. The van der Waals surface area contributed by atoms with Crippen molar-refractivity contribution in [2.75, 3.05) is 18.0 Å². The molecule has 5 rings (SSSR count). The first-order valence-corrected chi connectivity index (χ1v) is 12.7. The summed E-state index contributed by atoms with van der Waals surface area (Å²) in [5.74, 6) is 0.840. The van der Waals surface area contributed by atoms with Crippen molar-refractivity contribution in [3.8, 4) is 11.1 Å². The number of rotatable bonds is 4. The number of anilines is 1. The van der Waals surface area contributed by atoms with Crippen LogP contribution in [0.4, 0.5) is 10.3 Å². The summed E-state index contributed by atoms with van der Waals surface area (Å²) in [6.07, 6.45) is 6.14. The Balaban J connectivity index is 1.31. The van der Waals surface area contributed by atoms with E-state index < -0.39 is 0 Å². The average Bonchev–Trinajstić information content (AvgIpc) is 3.25. The zero-order valence-electron chi connectivity index (χ0n) is 18.8. The topological polar surface area (TPSA) is 78.1 Å². The summed E-state index contributed by atoms with van der Waals surface area (Å²) in [6, 6.07) is 6.84. The van der Waals surface area contributed by atoms with Gasteiger partial charge in [-0.15, -0.1) is 11.3 Å². The van der Waals surface area contributed by atoms with E-state index in [2.05, 4.69) is 17.2 Å². The monoisotopic (exact) mass is 468 g/mol. The third-order valence-corrected chi connectivity index (χ3v) is 8.15. The molecule has 6 nitrogen and oxygen atoms in total. The van der Waals surface area contributed by atoms with Gasteiger partial charge < -0.3 is 10.2 Å². The van der Waals surface area contributed by atoms with Crippen LogP contribution in [0.1, 0.15) is 45.4 Å². The molecule has 2 aromatic heterocycles. The van der Waals surface area contributed by atoms with Crippen LogP contribution >= 0.6 is 11.3 Å². The first-order chi connectivity index (χ1) is 16.0. The van der Waals surface area contributed by atoms with E-state index in [1.807, 2.05) is 4.90 Å². The number of carbonyl (C=O) groups excluding carboxylic acids is 1. The molecule has 0 bridgehead atoms. The number of carbonyl (C=O) groups is 1. The number of aromatic amines is 1. The maximum absolute atomic E-state index is 14.4. The van der Waals surface area contributed by atoms with E-state index in [1.165, 1.54) is 36.7 Å². The third kappa shape index (κ3) is 4.40. The number of hydrogen-bond donors (Lipinski definition) is 2. The van der Waals surface area contributed by atoms with Gasteiger partial charge in [0.1, 0.15) is 10.5 Å². The summed E-state index contributed by atoms with van der Waals surface area (Å²) in [6.45, 7) is 3.52. The highest BCUT2D eigenvalue weighted by Crippen LogP contribution is 2.33. The van der Waals surface area contributed by atoms with Gasteiger partial charge in [0, 0.05) is 41.6 Å². The molecule has 1 saturated heterocycles. The van der Waals surface area contributed by atoms with Crippen LogP contribution in [0, 0.1) is 17.7 Å². The van der Waals surface area contributed by atoms with Crippen molar-refractivity contribution in [1.29, 1.82) is 0 Å². The number of aromatic nitrogens is 2. The second kappa shape index (κ2) is 9.25. The summed E-state index contributed by atoms with van der Waals surface area (Å²) < 4.78 is 14.9. The Bertz CT molecular complexity index is 1210. The van der Waals surface area contributed by atoms with Gasteiger partial charge in [0.2, 0.25) is 11.9 Å². The molecule has 1 saturated carbocycles. The molecule has 2 N–H and O–H groups in total. The van der Waals surface area contributed by atoms with Crippen LogP contribution in [0.3, 0.4) is 0 Å². The summed E-state index contributed by atoms with van der Waals surface area (Å²) >= 11 is 1.28. The molecular formula is C25H29FN4O2S. The minimum Gasteiger partial charge on any atom is -0.353 e. The Labute approximate surface area is 196 Å². The number of halogens is 1.